The molecule has 2 aromatic carbocycles. The summed E-state index contributed by atoms with van der Waals surface area (Å²) in [5, 5.41) is 5.67. The summed E-state index contributed by atoms with van der Waals surface area (Å²) in [6.07, 6.45) is 3.56. The molecule has 0 radical (unpaired) electrons. The molecule has 2 N–H and O–H groups in total. The SMILES string of the molecule is CC(C)(C)OC(=O)Nc1ccc(C(=O)N(Cc2ccc(C(=O)NC3CC3)cc2)C2CC2)cc1. The summed E-state index contributed by atoms with van der Waals surface area (Å²) >= 11 is 0. The lowest BCUT2D eigenvalue weighted by Crippen LogP contribution is -2.32. The van der Waals surface area contributed by atoms with Crippen LogP contribution < -0.4 is 10.6 Å². The molecule has 0 heterocycles. The van der Waals surface area contributed by atoms with Crippen molar-refractivity contribution in [1.82, 2.24) is 10.2 Å². The summed E-state index contributed by atoms with van der Waals surface area (Å²) in [4.78, 5) is 39.2. The molecule has 0 atom stereocenters. The quantitative estimate of drug-likeness (QED) is 0.640. The monoisotopic (exact) mass is 449 g/mol. The van der Waals surface area contributed by atoms with Gasteiger partial charge in [0.1, 0.15) is 5.60 Å². The molecule has 2 aliphatic carbocycles. The third-order valence-corrected chi connectivity index (χ3v) is 5.51. The van der Waals surface area contributed by atoms with E-state index in [2.05, 4.69) is 10.6 Å². The molecule has 0 aromatic heterocycles. The lowest BCUT2D eigenvalue weighted by atomic mass is 10.1. The Morgan fingerprint density at radius 2 is 1.52 bits per heavy atom. The smallest absolute Gasteiger partial charge is 0.412 e. The Labute approximate surface area is 194 Å². The van der Waals surface area contributed by atoms with Crippen LogP contribution in [0.5, 0.6) is 0 Å². The molecule has 0 bridgehead atoms. The van der Waals surface area contributed by atoms with E-state index in [0.717, 1.165) is 31.2 Å². The van der Waals surface area contributed by atoms with Gasteiger partial charge in [-0.05, 0) is 88.4 Å². The zero-order valence-electron chi connectivity index (χ0n) is 19.4. The summed E-state index contributed by atoms with van der Waals surface area (Å²) in [6, 6.07) is 14.9. The number of rotatable bonds is 7. The molecule has 2 aromatic rings. The van der Waals surface area contributed by atoms with Crippen LogP contribution in [0.3, 0.4) is 0 Å². The van der Waals surface area contributed by atoms with Gasteiger partial charge in [-0.2, -0.15) is 0 Å². The van der Waals surface area contributed by atoms with Gasteiger partial charge in [-0.25, -0.2) is 4.79 Å². The molecule has 174 valence electrons. The molecule has 2 aliphatic rings. The highest BCUT2D eigenvalue weighted by molar-refractivity contribution is 5.96. The highest BCUT2D eigenvalue weighted by atomic mass is 16.6. The summed E-state index contributed by atoms with van der Waals surface area (Å²) in [6.45, 7) is 5.90. The minimum Gasteiger partial charge on any atom is -0.444 e. The van der Waals surface area contributed by atoms with Gasteiger partial charge in [-0.15, -0.1) is 0 Å². The highest BCUT2D eigenvalue weighted by Crippen LogP contribution is 2.30. The van der Waals surface area contributed by atoms with Gasteiger partial charge in [0.2, 0.25) is 0 Å². The second-order valence-electron chi connectivity index (χ2n) is 9.81. The van der Waals surface area contributed by atoms with E-state index in [4.69, 9.17) is 4.74 Å². The van der Waals surface area contributed by atoms with Gasteiger partial charge < -0.3 is 15.0 Å². The first-order valence-corrected chi connectivity index (χ1v) is 11.5. The topological polar surface area (TPSA) is 87.7 Å². The highest BCUT2D eigenvalue weighted by Gasteiger charge is 2.33. The number of carbonyl (C=O) groups excluding carboxylic acids is 3. The Morgan fingerprint density at radius 3 is 2.06 bits per heavy atom. The van der Waals surface area contributed by atoms with Crippen molar-refractivity contribution in [3.63, 3.8) is 0 Å². The number of carbonyl (C=O) groups is 3. The van der Waals surface area contributed by atoms with Crippen LogP contribution in [0.4, 0.5) is 10.5 Å². The number of benzene rings is 2. The van der Waals surface area contributed by atoms with Crippen molar-refractivity contribution in [2.75, 3.05) is 5.32 Å². The van der Waals surface area contributed by atoms with E-state index in [1.54, 1.807) is 45.0 Å². The first-order valence-electron chi connectivity index (χ1n) is 11.5. The van der Waals surface area contributed by atoms with Gasteiger partial charge in [0, 0.05) is 35.4 Å². The van der Waals surface area contributed by atoms with Gasteiger partial charge >= 0.3 is 6.09 Å². The number of hydrogen-bond acceptors (Lipinski definition) is 4. The van der Waals surface area contributed by atoms with E-state index in [1.165, 1.54) is 0 Å². The minimum atomic E-state index is -0.579. The average Bonchev–Trinajstić information content (AvgIpc) is 3.66. The van der Waals surface area contributed by atoms with Crippen LogP contribution >= 0.6 is 0 Å². The average molecular weight is 450 g/mol. The largest absolute Gasteiger partial charge is 0.444 e. The molecule has 7 nitrogen and oxygen atoms in total. The fraction of sp³-hybridized carbons (Fsp3) is 0.423. The van der Waals surface area contributed by atoms with Crippen molar-refractivity contribution in [2.24, 2.45) is 0 Å². The van der Waals surface area contributed by atoms with Crippen LogP contribution in [0.15, 0.2) is 48.5 Å². The van der Waals surface area contributed by atoms with E-state index in [-0.39, 0.29) is 17.9 Å². The van der Waals surface area contributed by atoms with Crippen molar-refractivity contribution >= 4 is 23.6 Å². The van der Waals surface area contributed by atoms with E-state index in [9.17, 15) is 14.4 Å². The fourth-order valence-corrected chi connectivity index (χ4v) is 3.49. The van der Waals surface area contributed by atoms with Gasteiger partial charge in [-0.1, -0.05) is 12.1 Å². The van der Waals surface area contributed by atoms with Crippen LogP contribution in [0.1, 0.15) is 72.7 Å². The second kappa shape index (κ2) is 9.25. The van der Waals surface area contributed by atoms with Crippen molar-refractivity contribution in [2.45, 2.75) is 70.7 Å². The number of anilines is 1. The lowest BCUT2D eigenvalue weighted by molar-refractivity contribution is 0.0635. The van der Waals surface area contributed by atoms with Crippen LogP contribution in [0, 0.1) is 0 Å². The second-order valence-corrected chi connectivity index (χ2v) is 9.81. The number of nitrogens with zero attached hydrogens (tertiary/aromatic N) is 1. The summed E-state index contributed by atoms with van der Waals surface area (Å²) in [7, 11) is 0. The van der Waals surface area contributed by atoms with E-state index in [0.29, 0.717) is 29.4 Å². The molecule has 7 heteroatoms. The Kier molecular flexibility index (Phi) is 6.40. The van der Waals surface area contributed by atoms with Gasteiger partial charge in [0.05, 0.1) is 0 Å². The van der Waals surface area contributed by atoms with Crippen LogP contribution in [0.25, 0.3) is 0 Å². The zero-order chi connectivity index (χ0) is 23.6. The standard InChI is InChI=1S/C26H31N3O4/c1-26(2,3)33-25(32)28-21-10-8-19(9-11-21)24(31)29(22-14-15-22)16-17-4-6-18(7-5-17)23(30)27-20-12-13-20/h4-11,20,22H,12-16H2,1-3H3,(H,27,30)(H,28,32). The molecule has 0 aliphatic heterocycles. The molecule has 33 heavy (non-hydrogen) atoms. The van der Waals surface area contributed by atoms with Crippen molar-refractivity contribution in [3.05, 3.63) is 65.2 Å². The molecule has 2 saturated carbocycles. The van der Waals surface area contributed by atoms with Crippen molar-refractivity contribution in [3.8, 4) is 0 Å². The maximum absolute atomic E-state index is 13.2. The normalized spacial score (nSPS) is 15.5. The summed E-state index contributed by atoms with van der Waals surface area (Å²) in [5.41, 5.74) is 2.18. The fourth-order valence-electron chi connectivity index (χ4n) is 3.49. The molecular formula is C26H31N3O4. The Hall–Kier alpha value is -3.35. The Morgan fingerprint density at radius 1 is 0.909 bits per heavy atom. The van der Waals surface area contributed by atoms with E-state index < -0.39 is 11.7 Å². The number of ether oxygens (including phenoxy) is 1. The molecule has 2 fully saturated rings. The predicted molar refractivity (Wildman–Crippen MR) is 126 cm³/mol. The van der Waals surface area contributed by atoms with Crippen LogP contribution in [-0.4, -0.2) is 40.5 Å². The number of hydrogen-bond donors (Lipinski definition) is 2. The maximum Gasteiger partial charge on any atom is 0.412 e. The molecular weight excluding hydrogens is 418 g/mol. The number of nitrogens with one attached hydrogen (secondary N) is 2. The van der Waals surface area contributed by atoms with Crippen LogP contribution in [-0.2, 0) is 11.3 Å². The zero-order valence-corrected chi connectivity index (χ0v) is 19.4. The molecule has 3 amide bonds. The summed E-state index contributed by atoms with van der Waals surface area (Å²) in [5.74, 6) is -0.0869. The van der Waals surface area contributed by atoms with E-state index in [1.807, 2.05) is 29.2 Å². The van der Waals surface area contributed by atoms with E-state index >= 15 is 0 Å². The van der Waals surface area contributed by atoms with Gasteiger partial charge in [0.25, 0.3) is 11.8 Å². The molecule has 0 spiro atoms. The minimum absolute atomic E-state index is 0.0424. The van der Waals surface area contributed by atoms with Crippen LogP contribution in [0.2, 0.25) is 0 Å². The Balaban J connectivity index is 1.38. The van der Waals surface area contributed by atoms with Crippen molar-refractivity contribution in [1.29, 1.82) is 0 Å². The number of amides is 3. The summed E-state index contributed by atoms with van der Waals surface area (Å²) < 4.78 is 5.26. The third kappa shape index (κ3) is 6.57. The first-order chi connectivity index (χ1) is 15.7. The Bertz CT molecular complexity index is 1020. The lowest BCUT2D eigenvalue weighted by Gasteiger charge is -2.23. The predicted octanol–water partition coefficient (Wildman–Crippen LogP) is 4.73. The maximum atomic E-state index is 13.2. The molecule has 4 rings (SSSR count). The van der Waals surface area contributed by atoms with Crippen molar-refractivity contribution < 1.29 is 19.1 Å². The first kappa shape index (κ1) is 22.8. The van der Waals surface area contributed by atoms with Gasteiger partial charge in [-0.3, -0.25) is 14.9 Å². The molecule has 0 unspecified atom stereocenters. The molecule has 0 saturated heterocycles. The van der Waals surface area contributed by atoms with Gasteiger partial charge in [0.15, 0.2) is 0 Å². The third-order valence-electron chi connectivity index (χ3n) is 5.51.